The lowest BCUT2D eigenvalue weighted by molar-refractivity contribution is 0.0671. The second kappa shape index (κ2) is 8.34. The van der Waals surface area contributed by atoms with Crippen LogP contribution in [0.5, 0.6) is 5.75 Å². The highest BCUT2D eigenvalue weighted by atomic mass is 16.5. The fourth-order valence-electron chi connectivity index (χ4n) is 2.75. The SMILES string of the molecule is CC(C)CN(C(=O)c1ccc(OCC2CCCO2)cc1)C(C)C. The molecule has 1 amide bonds. The number of hydrogen-bond donors (Lipinski definition) is 0. The monoisotopic (exact) mass is 319 g/mol. The van der Waals surface area contributed by atoms with Gasteiger partial charge >= 0.3 is 0 Å². The molecule has 0 N–H and O–H groups in total. The summed E-state index contributed by atoms with van der Waals surface area (Å²) in [5, 5.41) is 0. The Morgan fingerprint density at radius 2 is 1.96 bits per heavy atom. The highest BCUT2D eigenvalue weighted by Crippen LogP contribution is 2.18. The Bertz CT molecular complexity index is 490. The maximum atomic E-state index is 12.7. The molecular weight excluding hydrogens is 290 g/mol. The van der Waals surface area contributed by atoms with E-state index < -0.39 is 0 Å². The molecule has 0 bridgehead atoms. The van der Waals surface area contributed by atoms with Gasteiger partial charge in [-0.2, -0.15) is 0 Å². The molecule has 0 aromatic heterocycles. The number of carbonyl (C=O) groups excluding carboxylic acids is 1. The van der Waals surface area contributed by atoms with Crippen LogP contribution in [0.2, 0.25) is 0 Å². The summed E-state index contributed by atoms with van der Waals surface area (Å²) in [6.45, 7) is 10.6. The molecule has 4 nitrogen and oxygen atoms in total. The predicted molar refractivity (Wildman–Crippen MR) is 91.9 cm³/mol. The summed E-state index contributed by atoms with van der Waals surface area (Å²) in [6, 6.07) is 7.64. The Balaban J connectivity index is 1.95. The van der Waals surface area contributed by atoms with Crippen LogP contribution in [0.1, 0.15) is 50.9 Å². The van der Waals surface area contributed by atoms with Crippen LogP contribution < -0.4 is 4.74 Å². The molecule has 2 rings (SSSR count). The van der Waals surface area contributed by atoms with Crippen LogP contribution in [0, 0.1) is 5.92 Å². The molecular formula is C19H29NO3. The van der Waals surface area contributed by atoms with E-state index in [2.05, 4.69) is 27.7 Å². The van der Waals surface area contributed by atoms with Crippen LogP contribution >= 0.6 is 0 Å². The average molecular weight is 319 g/mol. The number of nitrogens with zero attached hydrogens (tertiary/aromatic N) is 1. The highest BCUT2D eigenvalue weighted by Gasteiger charge is 2.20. The number of benzene rings is 1. The smallest absolute Gasteiger partial charge is 0.254 e. The Labute approximate surface area is 139 Å². The van der Waals surface area contributed by atoms with Gasteiger partial charge in [-0.1, -0.05) is 13.8 Å². The molecule has 1 unspecified atom stereocenters. The molecule has 1 saturated heterocycles. The summed E-state index contributed by atoms with van der Waals surface area (Å²) in [4.78, 5) is 14.6. The maximum Gasteiger partial charge on any atom is 0.254 e. The average Bonchev–Trinajstić information content (AvgIpc) is 3.03. The normalized spacial score (nSPS) is 17.7. The van der Waals surface area contributed by atoms with Crippen molar-refractivity contribution < 1.29 is 14.3 Å². The third-order valence-electron chi connectivity index (χ3n) is 4.01. The van der Waals surface area contributed by atoms with Crippen molar-refractivity contribution in [1.29, 1.82) is 0 Å². The minimum atomic E-state index is 0.0828. The summed E-state index contributed by atoms with van der Waals surface area (Å²) in [7, 11) is 0. The lowest BCUT2D eigenvalue weighted by Gasteiger charge is -2.28. The van der Waals surface area contributed by atoms with Crippen molar-refractivity contribution >= 4 is 5.91 Å². The zero-order valence-corrected chi connectivity index (χ0v) is 14.7. The van der Waals surface area contributed by atoms with E-state index in [0.717, 1.165) is 31.7 Å². The third-order valence-corrected chi connectivity index (χ3v) is 4.01. The lowest BCUT2D eigenvalue weighted by Crippen LogP contribution is -2.39. The van der Waals surface area contributed by atoms with E-state index in [1.54, 1.807) is 0 Å². The van der Waals surface area contributed by atoms with Crippen molar-refractivity contribution in [1.82, 2.24) is 4.90 Å². The van der Waals surface area contributed by atoms with E-state index in [-0.39, 0.29) is 18.1 Å². The molecule has 4 heteroatoms. The molecule has 1 fully saturated rings. The molecule has 0 saturated carbocycles. The van der Waals surface area contributed by atoms with Gasteiger partial charge in [0.2, 0.25) is 0 Å². The highest BCUT2D eigenvalue weighted by molar-refractivity contribution is 5.94. The second-order valence-electron chi connectivity index (χ2n) is 6.92. The van der Waals surface area contributed by atoms with Crippen LogP contribution in [0.3, 0.4) is 0 Å². The molecule has 23 heavy (non-hydrogen) atoms. The van der Waals surface area contributed by atoms with Crippen molar-refractivity contribution in [3.05, 3.63) is 29.8 Å². The van der Waals surface area contributed by atoms with Gasteiger partial charge in [0.1, 0.15) is 12.4 Å². The zero-order chi connectivity index (χ0) is 16.8. The van der Waals surface area contributed by atoms with Crippen LogP contribution in [-0.4, -0.2) is 42.7 Å². The summed E-state index contributed by atoms with van der Waals surface area (Å²) in [6.07, 6.45) is 2.39. The largest absolute Gasteiger partial charge is 0.491 e. The first-order valence-corrected chi connectivity index (χ1v) is 8.62. The van der Waals surface area contributed by atoms with Crippen LogP contribution in [0.25, 0.3) is 0 Å². The number of hydrogen-bond acceptors (Lipinski definition) is 3. The predicted octanol–water partition coefficient (Wildman–Crippen LogP) is 3.75. The first-order chi connectivity index (χ1) is 11.0. The third kappa shape index (κ3) is 5.24. The van der Waals surface area contributed by atoms with Gasteiger partial charge in [0.15, 0.2) is 0 Å². The zero-order valence-electron chi connectivity index (χ0n) is 14.7. The molecule has 1 aliphatic rings. The topological polar surface area (TPSA) is 38.8 Å². The van der Waals surface area contributed by atoms with E-state index in [1.165, 1.54) is 0 Å². The van der Waals surface area contributed by atoms with Gasteiger partial charge in [-0.25, -0.2) is 0 Å². The minimum absolute atomic E-state index is 0.0828. The second-order valence-corrected chi connectivity index (χ2v) is 6.92. The quantitative estimate of drug-likeness (QED) is 0.768. The van der Waals surface area contributed by atoms with Gasteiger partial charge in [-0.05, 0) is 56.9 Å². The van der Waals surface area contributed by atoms with Gasteiger partial charge in [0, 0.05) is 24.8 Å². The first-order valence-electron chi connectivity index (χ1n) is 8.62. The fourth-order valence-corrected chi connectivity index (χ4v) is 2.75. The van der Waals surface area contributed by atoms with Gasteiger partial charge in [-0.15, -0.1) is 0 Å². The number of amides is 1. The van der Waals surface area contributed by atoms with Crippen molar-refractivity contribution in [3.8, 4) is 5.75 Å². The Kier molecular flexibility index (Phi) is 6.46. The van der Waals surface area contributed by atoms with Crippen molar-refractivity contribution in [2.45, 2.75) is 52.7 Å². The molecule has 0 spiro atoms. The molecule has 0 radical (unpaired) electrons. The first kappa shape index (κ1) is 17.8. The Morgan fingerprint density at radius 3 is 2.48 bits per heavy atom. The van der Waals surface area contributed by atoms with E-state index in [1.807, 2.05) is 29.2 Å². The minimum Gasteiger partial charge on any atom is -0.491 e. The maximum absolute atomic E-state index is 12.7. The molecule has 0 aliphatic carbocycles. The van der Waals surface area contributed by atoms with Crippen molar-refractivity contribution in [3.63, 3.8) is 0 Å². The van der Waals surface area contributed by atoms with E-state index in [4.69, 9.17) is 9.47 Å². The Hall–Kier alpha value is -1.55. The summed E-state index contributed by atoms with van der Waals surface area (Å²) >= 11 is 0. The fraction of sp³-hybridized carbons (Fsp3) is 0.632. The Morgan fingerprint density at radius 1 is 1.26 bits per heavy atom. The molecule has 1 aromatic rings. The number of carbonyl (C=O) groups is 1. The summed E-state index contributed by atoms with van der Waals surface area (Å²) in [5.74, 6) is 1.33. The van der Waals surface area contributed by atoms with E-state index in [9.17, 15) is 4.79 Å². The molecule has 1 heterocycles. The van der Waals surface area contributed by atoms with Crippen molar-refractivity contribution in [2.75, 3.05) is 19.8 Å². The lowest BCUT2D eigenvalue weighted by atomic mass is 10.1. The van der Waals surface area contributed by atoms with Gasteiger partial charge in [-0.3, -0.25) is 4.79 Å². The summed E-state index contributed by atoms with van der Waals surface area (Å²) < 4.78 is 11.3. The van der Waals surface area contributed by atoms with Gasteiger partial charge in [0.25, 0.3) is 5.91 Å². The summed E-state index contributed by atoms with van der Waals surface area (Å²) in [5.41, 5.74) is 0.712. The molecule has 1 atom stereocenters. The molecule has 128 valence electrons. The van der Waals surface area contributed by atoms with Crippen LogP contribution in [0.15, 0.2) is 24.3 Å². The van der Waals surface area contributed by atoms with E-state index in [0.29, 0.717) is 18.1 Å². The van der Waals surface area contributed by atoms with Crippen molar-refractivity contribution in [2.24, 2.45) is 5.92 Å². The van der Waals surface area contributed by atoms with Gasteiger partial charge in [0.05, 0.1) is 6.10 Å². The van der Waals surface area contributed by atoms with Gasteiger partial charge < -0.3 is 14.4 Å². The van der Waals surface area contributed by atoms with Crippen LogP contribution in [0.4, 0.5) is 0 Å². The number of ether oxygens (including phenoxy) is 2. The van der Waals surface area contributed by atoms with E-state index >= 15 is 0 Å². The standard InChI is InChI=1S/C19H29NO3/c1-14(2)12-20(15(3)4)19(21)16-7-9-17(10-8-16)23-13-18-6-5-11-22-18/h7-10,14-15,18H,5-6,11-13H2,1-4H3. The molecule has 1 aliphatic heterocycles. The molecule has 1 aromatic carbocycles. The van der Waals surface area contributed by atoms with Crippen LogP contribution in [-0.2, 0) is 4.74 Å². The number of rotatable bonds is 7.